The largest absolute Gasteiger partial charge is 0.370 e. The number of rotatable bonds is 3. The summed E-state index contributed by atoms with van der Waals surface area (Å²) in [5.74, 6) is 1.46. The molecule has 4 rings (SSSR count). The lowest BCUT2D eigenvalue weighted by atomic mass is 9.85. The van der Waals surface area contributed by atoms with Gasteiger partial charge in [0.2, 0.25) is 0 Å². The van der Waals surface area contributed by atoms with Crippen LogP contribution in [0.25, 0.3) is 5.69 Å². The molecule has 6 heteroatoms. The Morgan fingerprint density at radius 2 is 1.92 bits per heavy atom. The van der Waals surface area contributed by atoms with E-state index in [1.165, 1.54) is 43.4 Å². The normalized spacial score (nSPS) is 18.2. The molecule has 25 heavy (non-hydrogen) atoms. The zero-order chi connectivity index (χ0) is 17.2. The van der Waals surface area contributed by atoms with Gasteiger partial charge < -0.3 is 5.32 Å². The monoisotopic (exact) mass is 340 g/mol. The summed E-state index contributed by atoms with van der Waals surface area (Å²) in [4.78, 5) is 11.2. The van der Waals surface area contributed by atoms with Crippen LogP contribution in [0, 0.1) is 10.1 Å². The van der Waals surface area contributed by atoms with Crippen LogP contribution in [0.5, 0.6) is 0 Å². The highest BCUT2D eigenvalue weighted by molar-refractivity contribution is 5.60. The van der Waals surface area contributed by atoms with Gasteiger partial charge >= 0.3 is 0 Å². The van der Waals surface area contributed by atoms with E-state index in [4.69, 9.17) is 5.10 Å². The van der Waals surface area contributed by atoms with E-state index in [1.807, 2.05) is 6.07 Å². The molecular formula is C19H24N4O2. The molecule has 0 radical (unpaired) electrons. The van der Waals surface area contributed by atoms with Crippen LogP contribution in [0.1, 0.15) is 62.1 Å². The van der Waals surface area contributed by atoms with E-state index in [2.05, 4.69) is 5.32 Å². The van der Waals surface area contributed by atoms with Gasteiger partial charge in [-0.25, -0.2) is 4.68 Å². The lowest BCUT2D eigenvalue weighted by molar-refractivity contribution is -0.384. The molecule has 1 N–H and O–H groups in total. The molecule has 0 spiro atoms. The summed E-state index contributed by atoms with van der Waals surface area (Å²) in [5, 5.41) is 19.9. The Hall–Kier alpha value is -2.37. The van der Waals surface area contributed by atoms with E-state index in [0.717, 1.165) is 31.6 Å². The summed E-state index contributed by atoms with van der Waals surface area (Å²) in [6, 6.07) is 6.90. The predicted molar refractivity (Wildman–Crippen MR) is 97.5 cm³/mol. The smallest absolute Gasteiger partial charge is 0.294 e. The Kier molecular flexibility index (Phi) is 4.42. The van der Waals surface area contributed by atoms with Crippen LogP contribution in [0.3, 0.4) is 0 Å². The summed E-state index contributed by atoms with van der Waals surface area (Å²) >= 11 is 0. The van der Waals surface area contributed by atoms with Crippen molar-refractivity contribution in [2.24, 2.45) is 0 Å². The predicted octanol–water partition coefficient (Wildman–Crippen LogP) is 4.58. The van der Waals surface area contributed by atoms with E-state index in [1.54, 1.807) is 22.9 Å². The van der Waals surface area contributed by atoms with Gasteiger partial charge in [-0.1, -0.05) is 31.4 Å². The highest BCUT2D eigenvalue weighted by Gasteiger charge is 2.29. The molecule has 1 aliphatic carbocycles. The van der Waals surface area contributed by atoms with Crippen LogP contribution in [0.2, 0.25) is 0 Å². The molecule has 1 fully saturated rings. The molecule has 0 bridgehead atoms. The Morgan fingerprint density at radius 1 is 1.12 bits per heavy atom. The van der Waals surface area contributed by atoms with Gasteiger partial charge in [0.25, 0.3) is 5.69 Å². The fraction of sp³-hybridized carbons (Fsp3) is 0.526. The van der Waals surface area contributed by atoms with Gasteiger partial charge in [0, 0.05) is 24.1 Å². The third-order valence-corrected chi connectivity index (χ3v) is 5.46. The lowest BCUT2D eigenvalue weighted by Gasteiger charge is -2.20. The minimum atomic E-state index is -0.319. The van der Waals surface area contributed by atoms with Gasteiger partial charge in [-0.3, -0.25) is 10.1 Å². The van der Waals surface area contributed by atoms with Gasteiger partial charge in [-0.2, -0.15) is 5.10 Å². The van der Waals surface area contributed by atoms with Crippen LogP contribution in [-0.2, 0) is 6.42 Å². The number of nitro groups is 1. The summed E-state index contributed by atoms with van der Waals surface area (Å²) in [7, 11) is 0. The molecule has 0 atom stereocenters. The number of nitrogens with one attached hydrogen (secondary N) is 1. The molecule has 0 saturated heterocycles. The molecule has 6 nitrogen and oxygen atoms in total. The first-order chi connectivity index (χ1) is 12.3. The van der Waals surface area contributed by atoms with Gasteiger partial charge in [0.1, 0.15) is 11.5 Å². The van der Waals surface area contributed by atoms with E-state index in [-0.39, 0.29) is 10.6 Å². The number of fused-ring (bicyclic) bond motifs is 1. The molecule has 0 amide bonds. The quantitative estimate of drug-likeness (QED) is 0.656. The van der Waals surface area contributed by atoms with Crippen molar-refractivity contribution in [3.8, 4) is 5.69 Å². The number of nitro benzene ring substituents is 1. The maximum absolute atomic E-state index is 11.5. The molecule has 2 heterocycles. The highest BCUT2D eigenvalue weighted by atomic mass is 16.6. The van der Waals surface area contributed by atoms with Crippen LogP contribution >= 0.6 is 0 Å². The zero-order valence-corrected chi connectivity index (χ0v) is 14.4. The Morgan fingerprint density at radius 3 is 2.72 bits per heavy atom. The minimum Gasteiger partial charge on any atom is -0.370 e. The molecule has 1 aromatic carbocycles. The Labute approximate surface area is 147 Å². The van der Waals surface area contributed by atoms with Gasteiger partial charge in [0.15, 0.2) is 0 Å². The average Bonchev–Trinajstić information content (AvgIpc) is 2.83. The topological polar surface area (TPSA) is 73.0 Å². The third-order valence-electron chi connectivity index (χ3n) is 5.46. The lowest BCUT2D eigenvalue weighted by Crippen LogP contribution is -2.09. The second-order valence-corrected chi connectivity index (χ2v) is 7.09. The highest BCUT2D eigenvalue weighted by Crippen LogP contribution is 2.39. The van der Waals surface area contributed by atoms with Crippen LogP contribution in [-0.4, -0.2) is 21.2 Å². The number of hydrogen-bond acceptors (Lipinski definition) is 4. The van der Waals surface area contributed by atoms with Crippen LogP contribution < -0.4 is 5.32 Å². The third kappa shape index (κ3) is 3.01. The van der Waals surface area contributed by atoms with Crippen molar-refractivity contribution >= 4 is 11.5 Å². The standard InChI is InChI=1S/C19H24N4O2/c24-23(25)17-12-5-4-11-16(17)22-19-15(10-6-7-13-20-19)18(21-22)14-8-2-1-3-9-14/h4-5,11-12,14,20H,1-3,6-10,13H2. The van der Waals surface area contributed by atoms with Crippen molar-refractivity contribution in [2.45, 2.75) is 57.3 Å². The molecule has 1 aromatic heterocycles. The average molecular weight is 340 g/mol. The second kappa shape index (κ2) is 6.86. The van der Waals surface area contributed by atoms with Crippen molar-refractivity contribution in [3.63, 3.8) is 0 Å². The first kappa shape index (κ1) is 16.1. The fourth-order valence-electron chi connectivity index (χ4n) is 4.20. The molecule has 1 saturated carbocycles. The number of nitrogens with zero attached hydrogens (tertiary/aromatic N) is 3. The van der Waals surface area contributed by atoms with E-state index in [9.17, 15) is 10.1 Å². The van der Waals surface area contributed by atoms with E-state index >= 15 is 0 Å². The van der Waals surface area contributed by atoms with Crippen LogP contribution in [0.4, 0.5) is 11.5 Å². The first-order valence-electron chi connectivity index (χ1n) is 9.35. The molecule has 132 valence electrons. The zero-order valence-electron chi connectivity index (χ0n) is 14.4. The number of hydrogen-bond donors (Lipinski definition) is 1. The molecule has 1 aliphatic heterocycles. The fourth-order valence-corrected chi connectivity index (χ4v) is 4.20. The van der Waals surface area contributed by atoms with Crippen molar-refractivity contribution in [2.75, 3.05) is 11.9 Å². The number of aromatic nitrogens is 2. The molecular weight excluding hydrogens is 316 g/mol. The maximum Gasteiger partial charge on any atom is 0.294 e. The van der Waals surface area contributed by atoms with E-state index in [0.29, 0.717) is 11.6 Å². The Balaban J connectivity index is 1.85. The van der Waals surface area contributed by atoms with Crippen molar-refractivity contribution < 1.29 is 4.92 Å². The van der Waals surface area contributed by atoms with Gasteiger partial charge in [0.05, 0.1) is 10.6 Å². The summed E-state index contributed by atoms with van der Waals surface area (Å²) < 4.78 is 1.79. The summed E-state index contributed by atoms with van der Waals surface area (Å²) in [5.41, 5.74) is 3.11. The van der Waals surface area contributed by atoms with Crippen molar-refractivity contribution in [1.29, 1.82) is 0 Å². The minimum absolute atomic E-state index is 0.106. The van der Waals surface area contributed by atoms with Crippen molar-refractivity contribution in [1.82, 2.24) is 9.78 Å². The number of anilines is 1. The van der Waals surface area contributed by atoms with E-state index < -0.39 is 0 Å². The summed E-state index contributed by atoms with van der Waals surface area (Å²) in [6.07, 6.45) is 9.45. The molecule has 0 unspecified atom stereocenters. The van der Waals surface area contributed by atoms with Gasteiger partial charge in [-0.05, 0) is 38.2 Å². The molecule has 2 aliphatic rings. The van der Waals surface area contributed by atoms with Crippen molar-refractivity contribution in [3.05, 3.63) is 45.6 Å². The molecule has 2 aromatic rings. The maximum atomic E-state index is 11.5. The summed E-state index contributed by atoms with van der Waals surface area (Å²) in [6.45, 7) is 0.892. The SMILES string of the molecule is O=[N+]([O-])c1ccccc1-n1nc(C2CCCCC2)c2c1NCCCC2. The second-order valence-electron chi connectivity index (χ2n) is 7.09. The number of benzene rings is 1. The van der Waals surface area contributed by atoms with Crippen LogP contribution in [0.15, 0.2) is 24.3 Å². The van der Waals surface area contributed by atoms with Gasteiger partial charge in [-0.15, -0.1) is 0 Å². The first-order valence-corrected chi connectivity index (χ1v) is 9.35. The Bertz CT molecular complexity index is 778. The number of para-hydroxylation sites is 2.